The van der Waals surface area contributed by atoms with E-state index in [0.717, 1.165) is 17.5 Å². The molecule has 2 N–H and O–H groups in total. The normalized spacial score (nSPS) is 15.1. The van der Waals surface area contributed by atoms with Crippen LogP contribution in [0, 0.1) is 0 Å². The Balaban J connectivity index is 1.54. The van der Waals surface area contributed by atoms with Crippen molar-refractivity contribution in [2.75, 3.05) is 11.4 Å². The lowest BCUT2D eigenvalue weighted by molar-refractivity contribution is -0.129. The monoisotopic (exact) mass is 464 g/mol. The Labute approximate surface area is 196 Å². The summed E-state index contributed by atoms with van der Waals surface area (Å²) in [4.78, 5) is 52.7. The van der Waals surface area contributed by atoms with Gasteiger partial charge in [-0.15, -0.1) is 0 Å². The molecule has 0 bridgehead atoms. The van der Waals surface area contributed by atoms with Crippen LogP contribution in [-0.4, -0.2) is 40.3 Å². The number of aromatic amines is 1. The largest absolute Gasteiger partial charge is 0.477 e. The minimum Gasteiger partial charge on any atom is -0.477 e. The lowest BCUT2D eigenvalue weighted by Gasteiger charge is -2.34. The molecule has 0 fully saturated rings. The molecular formula is C25H28N4O5. The first kappa shape index (κ1) is 23.3. The maximum atomic E-state index is 13.2. The molecule has 0 saturated heterocycles. The van der Waals surface area contributed by atoms with E-state index in [9.17, 15) is 19.2 Å². The molecule has 4 rings (SSSR count). The first-order valence-electron chi connectivity index (χ1n) is 11.5. The number of H-pyrrole nitrogens is 1. The van der Waals surface area contributed by atoms with Crippen LogP contribution in [0.5, 0.6) is 5.75 Å². The molecule has 1 unspecified atom stereocenters. The van der Waals surface area contributed by atoms with Crippen molar-refractivity contribution in [2.45, 2.75) is 51.8 Å². The van der Waals surface area contributed by atoms with Gasteiger partial charge < -0.3 is 15.0 Å². The van der Waals surface area contributed by atoms with Crippen LogP contribution in [0.25, 0.3) is 10.8 Å². The SMILES string of the molecule is CCC(CC)NC(=O)C1CN(C(=O)CCn2[nH]c(=O)c3ccccc3c2=O)c2ccccc2O1. The van der Waals surface area contributed by atoms with Crippen LogP contribution in [-0.2, 0) is 16.1 Å². The first-order valence-corrected chi connectivity index (χ1v) is 11.5. The predicted molar refractivity (Wildman–Crippen MR) is 129 cm³/mol. The van der Waals surface area contributed by atoms with Gasteiger partial charge >= 0.3 is 0 Å². The van der Waals surface area contributed by atoms with Crippen molar-refractivity contribution >= 4 is 28.3 Å². The summed E-state index contributed by atoms with van der Waals surface area (Å²) in [5.74, 6) is -0.101. The van der Waals surface area contributed by atoms with E-state index in [1.165, 1.54) is 4.90 Å². The highest BCUT2D eigenvalue weighted by Gasteiger charge is 2.34. The average molecular weight is 465 g/mol. The predicted octanol–water partition coefficient (Wildman–Crippen LogP) is 2.18. The van der Waals surface area contributed by atoms with Gasteiger partial charge in [0.2, 0.25) is 5.91 Å². The number of anilines is 1. The molecule has 178 valence electrons. The fourth-order valence-corrected chi connectivity index (χ4v) is 4.14. The van der Waals surface area contributed by atoms with Crippen molar-refractivity contribution in [3.63, 3.8) is 0 Å². The third kappa shape index (κ3) is 4.59. The summed E-state index contributed by atoms with van der Waals surface area (Å²) in [6.45, 7) is 4.06. The molecule has 1 aliphatic heterocycles. The van der Waals surface area contributed by atoms with E-state index < -0.39 is 11.7 Å². The highest BCUT2D eigenvalue weighted by atomic mass is 16.5. The summed E-state index contributed by atoms with van der Waals surface area (Å²) in [5.41, 5.74) is -0.191. The molecule has 9 nitrogen and oxygen atoms in total. The maximum absolute atomic E-state index is 13.2. The van der Waals surface area contributed by atoms with Gasteiger partial charge in [0.1, 0.15) is 5.75 Å². The number of fused-ring (bicyclic) bond motifs is 2. The Morgan fingerprint density at radius 2 is 1.74 bits per heavy atom. The van der Waals surface area contributed by atoms with Crippen LogP contribution >= 0.6 is 0 Å². The number of aromatic nitrogens is 2. The third-order valence-electron chi connectivity index (χ3n) is 6.13. The van der Waals surface area contributed by atoms with Crippen LogP contribution in [0.3, 0.4) is 0 Å². The Kier molecular flexibility index (Phi) is 6.81. The minimum atomic E-state index is -0.845. The Morgan fingerprint density at radius 1 is 1.06 bits per heavy atom. The molecule has 0 saturated carbocycles. The van der Waals surface area contributed by atoms with Crippen molar-refractivity contribution in [1.29, 1.82) is 0 Å². The minimum absolute atomic E-state index is 0.00186. The number of amides is 2. The van der Waals surface area contributed by atoms with Gasteiger partial charge in [-0.3, -0.25) is 24.3 Å². The Morgan fingerprint density at radius 3 is 2.47 bits per heavy atom. The summed E-state index contributed by atoms with van der Waals surface area (Å²) < 4.78 is 7.06. The van der Waals surface area contributed by atoms with Crippen LogP contribution < -0.4 is 26.1 Å². The smallest absolute Gasteiger partial charge is 0.273 e. The molecule has 2 amide bonds. The van der Waals surface area contributed by atoms with Gasteiger partial charge in [-0.25, -0.2) is 4.68 Å². The topological polar surface area (TPSA) is 113 Å². The highest BCUT2D eigenvalue weighted by molar-refractivity contribution is 5.97. The standard InChI is InChI=1S/C25H28N4O5/c1-3-16(4-2)26-24(32)21-15-28(19-11-7-8-12-20(19)34-21)22(30)13-14-29-25(33)18-10-6-5-9-17(18)23(31)27-29/h5-12,16,21H,3-4,13-15H2,1-2H3,(H,26,32)(H,27,31). The lowest BCUT2D eigenvalue weighted by atomic mass is 10.1. The quantitative estimate of drug-likeness (QED) is 0.556. The van der Waals surface area contributed by atoms with Crippen molar-refractivity contribution in [2.24, 2.45) is 0 Å². The number of carbonyl (C=O) groups excluding carboxylic acids is 2. The second-order valence-corrected chi connectivity index (χ2v) is 8.29. The van der Waals surface area contributed by atoms with E-state index in [-0.39, 0.29) is 42.9 Å². The van der Waals surface area contributed by atoms with Crippen LogP contribution in [0.15, 0.2) is 58.1 Å². The number of benzene rings is 2. The molecule has 0 spiro atoms. The zero-order valence-electron chi connectivity index (χ0n) is 19.2. The summed E-state index contributed by atoms with van der Waals surface area (Å²) in [6, 6.07) is 13.6. The summed E-state index contributed by atoms with van der Waals surface area (Å²) >= 11 is 0. The molecule has 34 heavy (non-hydrogen) atoms. The molecule has 0 radical (unpaired) electrons. The van der Waals surface area contributed by atoms with Crippen molar-refractivity contribution in [1.82, 2.24) is 15.1 Å². The second kappa shape index (κ2) is 9.94. The van der Waals surface area contributed by atoms with Gasteiger partial charge in [0.15, 0.2) is 6.10 Å². The van der Waals surface area contributed by atoms with Crippen molar-refractivity contribution in [3.05, 3.63) is 69.2 Å². The summed E-state index contributed by atoms with van der Waals surface area (Å²) in [6.07, 6.45) is 0.714. The number of nitrogens with one attached hydrogen (secondary N) is 2. The van der Waals surface area contributed by atoms with Gasteiger partial charge in [-0.05, 0) is 37.1 Å². The number of nitrogens with zero attached hydrogens (tertiary/aromatic N) is 2. The van der Waals surface area contributed by atoms with Crippen LogP contribution in [0.1, 0.15) is 33.1 Å². The molecule has 9 heteroatoms. The summed E-state index contributed by atoms with van der Waals surface area (Å²) in [5, 5.41) is 6.13. The number of para-hydroxylation sites is 2. The molecule has 1 atom stereocenters. The molecule has 2 heterocycles. The van der Waals surface area contributed by atoms with Gasteiger partial charge in [-0.1, -0.05) is 38.1 Å². The molecule has 0 aliphatic carbocycles. The number of ether oxygens (including phenoxy) is 1. The van der Waals surface area contributed by atoms with Gasteiger partial charge in [0, 0.05) is 12.5 Å². The Hall–Kier alpha value is -3.88. The van der Waals surface area contributed by atoms with E-state index >= 15 is 0 Å². The van der Waals surface area contributed by atoms with E-state index in [2.05, 4.69) is 10.4 Å². The van der Waals surface area contributed by atoms with Crippen LogP contribution in [0.2, 0.25) is 0 Å². The average Bonchev–Trinajstić information content (AvgIpc) is 2.87. The third-order valence-corrected chi connectivity index (χ3v) is 6.13. The Bertz CT molecular complexity index is 1320. The van der Waals surface area contributed by atoms with Crippen LogP contribution in [0.4, 0.5) is 5.69 Å². The number of carbonyl (C=O) groups is 2. The number of hydrogen-bond acceptors (Lipinski definition) is 5. The maximum Gasteiger partial charge on any atom is 0.273 e. The fraction of sp³-hybridized carbons (Fsp3) is 0.360. The van der Waals surface area contributed by atoms with Gasteiger partial charge in [0.05, 0.1) is 29.5 Å². The number of hydrogen-bond donors (Lipinski definition) is 2. The van der Waals surface area contributed by atoms with E-state index in [4.69, 9.17) is 4.74 Å². The fourth-order valence-electron chi connectivity index (χ4n) is 4.14. The zero-order chi connectivity index (χ0) is 24.2. The molecule has 1 aliphatic rings. The van der Waals surface area contributed by atoms with Crippen molar-refractivity contribution in [3.8, 4) is 5.75 Å². The molecular weight excluding hydrogens is 436 g/mol. The zero-order valence-corrected chi connectivity index (χ0v) is 19.2. The molecule has 2 aromatic carbocycles. The molecule has 1 aromatic heterocycles. The van der Waals surface area contributed by atoms with Gasteiger partial charge in [-0.2, -0.15) is 0 Å². The number of aryl methyl sites for hydroxylation is 1. The number of rotatable bonds is 7. The molecule has 3 aromatic rings. The highest BCUT2D eigenvalue weighted by Crippen LogP contribution is 2.33. The lowest BCUT2D eigenvalue weighted by Crippen LogP contribution is -2.52. The summed E-state index contributed by atoms with van der Waals surface area (Å²) in [7, 11) is 0. The van der Waals surface area contributed by atoms with Gasteiger partial charge in [0.25, 0.3) is 17.0 Å². The van der Waals surface area contributed by atoms with Crippen molar-refractivity contribution < 1.29 is 14.3 Å². The van der Waals surface area contributed by atoms with E-state index in [0.29, 0.717) is 22.2 Å². The second-order valence-electron chi connectivity index (χ2n) is 8.29. The van der Waals surface area contributed by atoms with E-state index in [1.54, 1.807) is 48.5 Å². The first-order chi connectivity index (χ1) is 16.4. The van der Waals surface area contributed by atoms with E-state index in [1.807, 2.05) is 13.8 Å².